The van der Waals surface area contributed by atoms with Crippen LogP contribution in [0.15, 0.2) is 22.3 Å². The van der Waals surface area contributed by atoms with Gasteiger partial charge in [-0.15, -0.1) is 11.3 Å². The molecule has 1 amide bonds. The Morgan fingerprint density at radius 3 is 3.04 bits per heavy atom. The molecule has 4 heterocycles. The monoisotopic (exact) mass is 344 g/mol. The number of nitrogens with zero attached hydrogens (tertiary/aromatic N) is 4. The molecule has 24 heavy (non-hydrogen) atoms. The summed E-state index contributed by atoms with van der Waals surface area (Å²) < 4.78 is 4.25. The molecule has 126 valence electrons. The number of aromatic nitrogens is 3. The Morgan fingerprint density at radius 1 is 1.42 bits per heavy atom. The van der Waals surface area contributed by atoms with Crippen molar-refractivity contribution in [1.29, 1.82) is 0 Å². The topological polar surface area (TPSA) is 59.6 Å². The fraction of sp³-hybridized carbons (Fsp3) is 0.471. The van der Waals surface area contributed by atoms with E-state index >= 15 is 0 Å². The Balaban J connectivity index is 1.70. The van der Waals surface area contributed by atoms with Crippen molar-refractivity contribution in [1.82, 2.24) is 19.1 Å². The Bertz CT molecular complexity index is 984. The maximum atomic E-state index is 12.7. The van der Waals surface area contributed by atoms with E-state index in [1.807, 2.05) is 33.7 Å². The van der Waals surface area contributed by atoms with Crippen LogP contribution < -0.4 is 5.56 Å². The lowest BCUT2D eigenvalue weighted by Crippen LogP contribution is -2.42. The number of amides is 1. The molecule has 0 saturated carbocycles. The quantitative estimate of drug-likeness (QED) is 0.716. The number of carbonyl (C=O) groups is 1. The van der Waals surface area contributed by atoms with Crippen LogP contribution in [0.5, 0.6) is 0 Å². The van der Waals surface area contributed by atoms with Crippen LogP contribution in [0.2, 0.25) is 0 Å². The SMILES string of the molecule is Cc1nn(CC(=O)N2CCC[C@@H](C)C2)c(=O)c2cc3sccc3n12. The van der Waals surface area contributed by atoms with Crippen LogP contribution in [-0.4, -0.2) is 38.1 Å². The zero-order chi connectivity index (χ0) is 16.8. The summed E-state index contributed by atoms with van der Waals surface area (Å²) in [5.41, 5.74) is 1.38. The molecule has 1 fully saturated rings. The van der Waals surface area contributed by atoms with Gasteiger partial charge in [0.1, 0.15) is 17.9 Å². The number of hydrogen-bond acceptors (Lipinski definition) is 4. The molecule has 1 saturated heterocycles. The summed E-state index contributed by atoms with van der Waals surface area (Å²) in [6.45, 7) is 5.60. The maximum absolute atomic E-state index is 12.7. The normalized spacial score (nSPS) is 18.6. The maximum Gasteiger partial charge on any atom is 0.291 e. The van der Waals surface area contributed by atoms with Gasteiger partial charge >= 0.3 is 0 Å². The van der Waals surface area contributed by atoms with Gasteiger partial charge in [0.15, 0.2) is 0 Å². The Kier molecular flexibility index (Phi) is 3.68. The second-order valence-corrected chi connectivity index (χ2v) is 7.58. The van der Waals surface area contributed by atoms with Crippen molar-refractivity contribution in [2.24, 2.45) is 5.92 Å². The van der Waals surface area contributed by atoms with Crippen LogP contribution in [0.1, 0.15) is 25.6 Å². The van der Waals surface area contributed by atoms with E-state index in [2.05, 4.69) is 12.0 Å². The Hall–Kier alpha value is -2.15. The molecule has 7 heteroatoms. The average Bonchev–Trinajstić information content (AvgIpc) is 3.13. The fourth-order valence-corrected chi connectivity index (χ4v) is 4.38. The van der Waals surface area contributed by atoms with Gasteiger partial charge in [0, 0.05) is 13.1 Å². The molecular weight excluding hydrogens is 324 g/mol. The van der Waals surface area contributed by atoms with Crippen molar-refractivity contribution in [3.8, 4) is 0 Å². The van der Waals surface area contributed by atoms with Gasteiger partial charge in [-0.3, -0.25) is 14.0 Å². The molecule has 3 aromatic rings. The van der Waals surface area contributed by atoms with Crippen molar-refractivity contribution in [3.63, 3.8) is 0 Å². The van der Waals surface area contributed by atoms with Crippen LogP contribution in [0.4, 0.5) is 0 Å². The number of aryl methyl sites for hydroxylation is 1. The van der Waals surface area contributed by atoms with Crippen LogP contribution >= 0.6 is 11.3 Å². The van der Waals surface area contributed by atoms with E-state index in [4.69, 9.17) is 0 Å². The van der Waals surface area contributed by atoms with E-state index in [0.717, 1.165) is 42.0 Å². The molecule has 1 aliphatic rings. The third-order valence-corrected chi connectivity index (χ3v) is 5.61. The second kappa shape index (κ2) is 5.73. The van der Waals surface area contributed by atoms with Gasteiger partial charge in [-0.2, -0.15) is 5.10 Å². The van der Waals surface area contributed by atoms with E-state index in [-0.39, 0.29) is 18.0 Å². The first kappa shape index (κ1) is 15.4. The average molecular weight is 344 g/mol. The van der Waals surface area contributed by atoms with E-state index in [1.54, 1.807) is 11.3 Å². The number of rotatable bonds is 2. The first-order valence-corrected chi connectivity index (χ1v) is 9.16. The molecule has 0 radical (unpaired) electrons. The highest BCUT2D eigenvalue weighted by molar-refractivity contribution is 7.17. The minimum Gasteiger partial charge on any atom is -0.341 e. The van der Waals surface area contributed by atoms with Gasteiger partial charge in [-0.05, 0) is 43.2 Å². The van der Waals surface area contributed by atoms with Crippen LogP contribution in [0, 0.1) is 12.8 Å². The first-order valence-electron chi connectivity index (χ1n) is 8.29. The third-order valence-electron chi connectivity index (χ3n) is 4.76. The molecule has 0 aliphatic carbocycles. The highest BCUT2D eigenvalue weighted by Gasteiger charge is 2.22. The third kappa shape index (κ3) is 2.43. The number of hydrogen-bond donors (Lipinski definition) is 0. The van der Waals surface area contributed by atoms with E-state index in [9.17, 15) is 9.59 Å². The molecular formula is C17H20N4O2S. The molecule has 0 unspecified atom stereocenters. The molecule has 0 aromatic carbocycles. The summed E-state index contributed by atoms with van der Waals surface area (Å²) in [6.07, 6.45) is 2.19. The zero-order valence-electron chi connectivity index (χ0n) is 13.9. The number of carbonyl (C=O) groups excluding carboxylic acids is 1. The van der Waals surface area contributed by atoms with Crippen molar-refractivity contribution in [2.45, 2.75) is 33.2 Å². The lowest BCUT2D eigenvalue weighted by molar-refractivity contribution is -0.133. The van der Waals surface area contributed by atoms with Gasteiger partial charge < -0.3 is 4.90 Å². The molecule has 3 aromatic heterocycles. The zero-order valence-corrected chi connectivity index (χ0v) is 14.7. The Labute approximate surface area is 143 Å². The van der Waals surface area contributed by atoms with Gasteiger partial charge in [0.2, 0.25) is 5.91 Å². The molecule has 4 rings (SSSR count). The standard InChI is InChI=1S/C17H20N4O2S/c1-11-4-3-6-19(9-11)16(22)10-20-17(23)14-8-15-13(5-7-24-15)21(14)12(2)18-20/h5,7-8,11H,3-4,6,9-10H2,1-2H3/t11-/m1/s1. The van der Waals surface area contributed by atoms with Crippen molar-refractivity contribution < 1.29 is 4.79 Å². The van der Waals surface area contributed by atoms with Gasteiger partial charge in [0.25, 0.3) is 5.56 Å². The number of likely N-dealkylation sites (tertiary alicyclic amines) is 1. The van der Waals surface area contributed by atoms with Gasteiger partial charge in [-0.1, -0.05) is 6.92 Å². The predicted octanol–water partition coefficient (Wildman–Crippen LogP) is 2.28. The molecule has 1 atom stereocenters. The summed E-state index contributed by atoms with van der Waals surface area (Å²) in [5, 5.41) is 6.38. The Morgan fingerprint density at radius 2 is 2.25 bits per heavy atom. The molecule has 0 bridgehead atoms. The number of fused-ring (bicyclic) bond motifs is 3. The largest absolute Gasteiger partial charge is 0.341 e. The molecule has 1 aliphatic heterocycles. The molecule has 0 spiro atoms. The minimum absolute atomic E-state index is 0.0156. The minimum atomic E-state index is -0.206. The van der Waals surface area contributed by atoms with Crippen molar-refractivity contribution in [2.75, 3.05) is 13.1 Å². The number of piperidine rings is 1. The van der Waals surface area contributed by atoms with E-state index in [0.29, 0.717) is 11.4 Å². The first-order chi connectivity index (χ1) is 11.5. The lowest BCUT2D eigenvalue weighted by atomic mass is 10.0. The van der Waals surface area contributed by atoms with E-state index in [1.165, 1.54) is 4.68 Å². The molecule has 6 nitrogen and oxygen atoms in total. The van der Waals surface area contributed by atoms with Crippen molar-refractivity contribution >= 4 is 33.0 Å². The predicted molar refractivity (Wildman–Crippen MR) is 94.6 cm³/mol. The summed E-state index contributed by atoms with van der Waals surface area (Å²) in [4.78, 5) is 27.2. The van der Waals surface area contributed by atoms with Gasteiger partial charge in [0.05, 0.1) is 10.2 Å². The van der Waals surface area contributed by atoms with Crippen LogP contribution in [-0.2, 0) is 11.3 Å². The highest BCUT2D eigenvalue weighted by Crippen LogP contribution is 2.24. The fourth-order valence-electron chi connectivity index (χ4n) is 3.58. The smallest absolute Gasteiger partial charge is 0.291 e. The lowest BCUT2D eigenvalue weighted by Gasteiger charge is -2.31. The van der Waals surface area contributed by atoms with Crippen LogP contribution in [0.3, 0.4) is 0 Å². The summed E-state index contributed by atoms with van der Waals surface area (Å²) in [7, 11) is 0. The summed E-state index contributed by atoms with van der Waals surface area (Å²) >= 11 is 1.60. The summed E-state index contributed by atoms with van der Waals surface area (Å²) in [5.74, 6) is 1.22. The highest BCUT2D eigenvalue weighted by atomic mass is 32.1. The van der Waals surface area contributed by atoms with E-state index < -0.39 is 0 Å². The van der Waals surface area contributed by atoms with Crippen LogP contribution in [0.25, 0.3) is 15.7 Å². The number of thiophene rings is 1. The van der Waals surface area contributed by atoms with Crippen molar-refractivity contribution in [3.05, 3.63) is 33.7 Å². The molecule has 0 N–H and O–H groups in total. The van der Waals surface area contributed by atoms with Gasteiger partial charge in [-0.25, -0.2) is 4.68 Å². The second-order valence-electron chi connectivity index (χ2n) is 6.63. The summed E-state index contributed by atoms with van der Waals surface area (Å²) in [6, 6.07) is 3.88.